The number of piperidine rings is 1. The van der Waals surface area contributed by atoms with Gasteiger partial charge in [0.25, 0.3) is 0 Å². The van der Waals surface area contributed by atoms with Crippen LogP contribution < -0.4 is 10.6 Å². The minimum atomic E-state index is -1.82. The highest BCUT2D eigenvalue weighted by Crippen LogP contribution is 2.13. The van der Waals surface area contributed by atoms with Crippen LogP contribution in [0.5, 0.6) is 0 Å². The van der Waals surface area contributed by atoms with Crippen LogP contribution in [0.2, 0.25) is 0 Å². The average Bonchev–Trinajstić information content (AvgIpc) is 2.94. The van der Waals surface area contributed by atoms with Crippen molar-refractivity contribution in [2.75, 3.05) is 19.7 Å². The zero-order valence-corrected chi connectivity index (χ0v) is 11.1. The van der Waals surface area contributed by atoms with E-state index in [2.05, 4.69) is 10.6 Å². The smallest absolute Gasteiger partial charge is 0.414 e. The van der Waals surface area contributed by atoms with Gasteiger partial charge in [-0.3, -0.25) is 4.79 Å². The van der Waals surface area contributed by atoms with Gasteiger partial charge in [-0.05, 0) is 38.8 Å². The van der Waals surface area contributed by atoms with E-state index in [-0.39, 0.29) is 12.0 Å². The van der Waals surface area contributed by atoms with Crippen molar-refractivity contribution in [1.29, 1.82) is 0 Å². The Kier molecular flexibility index (Phi) is 6.96. The summed E-state index contributed by atoms with van der Waals surface area (Å²) in [6.45, 7) is 2.76. The van der Waals surface area contributed by atoms with Gasteiger partial charge in [0, 0.05) is 12.6 Å². The molecule has 0 radical (unpaired) electrons. The van der Waals surface area contributed by atoms with Crippen LogP contribution in [0.1, 0.15) is 25.7 Å². The maximum absolute atomic E-state index is 11.7. The molecule has 0 spiro atoms. The van der Waals surface area contributed by atoms with E-state index in [4.69, 9.17) is 24.5 Å². The van der Waals surface area contributed by atoms with E-state index in [1.165, 1.54) is 0 Å². The number of ether oxygens (including phenoxy) is 1. The van der Waals surface area contributed by atoms with Crippen LogP contribution in [0.4, 0.5) is 0 Å². The van der Waals surface area contributed by atoms with E-state index in [0.29, 0.717) is 6.04 Å². The first kappa shape index (κ1) is 16.4. The van der Waals surface area contributed by atoms with E-state index in [0.717, 1.165) is 45.4 Å². The highest BCUT2D eigenvalue weighted by atomic mass is 16.5. The second-order valence-corrected chi connectivity index (χ2v) is 4.64. The first-order valence-corrected chi connectivity index (χ1v) is 6.59. The molecule has 8 heteroatoms. The minimum Gasteiger partial charge on any atom is -0.473 e. The standard InChI is InChI=1S/C10H18N2O2.C2H2O4/c13-10(9-2-1-7-14-9)12-8-3-5-11-6-4-8;3-1(4)2(5)6/h8-9,11H,1-7H2,(H,12,13);(H,3,4)(H,5,6). The molecule has 2 aliphatic heterocycles. The molecule has 2 fully saturated rings. The quantitative estimate of drug-likeness (QED) is 0.490. The van der Waals surface area contributed by atoms with Crippen LogP contribution in [0.3, 0.4) is 0 Å². The molecular weight excluding hydrogens is 268 g/mol. The Morgan fingerprint density at radius 2 is 1.65 bits per heavy atom. The minimum absolute atomic E-state index is 0.0920. The van der Waals surface area contributed by atoms with Crippen molar-refractivity contribution in [3.05, 3.63) is 0 Å². The third-order valence-corrected chi connectivity index (χ3v) is 3.09. The highest BCUT2D eigenvalue weighted by molar-refractivity contribution is 6.27. The van der Waals surface area contributed by atoms with Gasteiger partial charge in [-0.15, -0.1) is 0 Å². The summed E-state index contributed by atoms with van der Waals surface area (Å²) >= 11 is 0. The summed E-state index contributed by atoms with van der Waals surface area (Å²) in [7, 11) is 0. The molecule has 2 heterocycles. The molecule has 4 N–H and O–H groups in total. The fraction of sp³-hybridized carbons (Fsp3) is 0.750. The maximum Gasteiger partial charge on any atom is 0.414 e. The van der Waals surface area contributed by atoms with Crippen molar-refractivity contribution in [3.63, 3.8) is 0 Å². The fourth-order valence-electron chi connectivity index (χ4n) is 2.04. The molecule has 0 aliphatic carbocycles. The summed E-state index contributed by atoms with van der Waals surface area (Å²) in [6.07, 6.45) is 3.81. The van der Waals surface area contributed by atoms with Gasteiger partial charge in [-0.1, -0.05) is 0 Å². The molecule has 20 heavy (non-hydrogen) atoms. The number of aliphatic carboxylic acids is 2. The summed E-state index contributed by atoms with van der Waals surface area (Å²) in [5, 5.41) is 21.1. The number of carboxylic acid groups (broad SMARTS) is 2. The van der Waals surface area contributed by atoms with E-state index >= 15 is 0 Å². The summed E-state index contributed by atoms with van der Waals surface area (Å²) in [4.78, 5) is 29.9. The second-order valence-electron chi connectivity index (χ2n) is 4.64. The molecule has 114 valence electrons. The summed E-state index contributed by atoms with van der Waals surface area (Å²) in [5.41, 5.74) is 0. The van der Waals surface area contributed by atoms with Crippen molar-refractivity contribution >= 4 is 17.8 Å². The Morgan fingerprint density at radius 3 is 2.10 bits per heavy atom. The van der Waals surface area contributed by atoms with Crippen LogP contribution in [-0.2, 0) is 19.1 Å². The van der Waals surface area contributed by atoms with E-state index < -0.39 is 11.9 Å². The van der Waals surface area contributed by atoms with Gasteiger partial charge in [0.1, 0.15) is 6.10 Å². The summed E-state index contributed by atoms with van der Waals surface area (Å²) < 4.78 is 5.33. The van der Waals surface area contributed by atoms with Crippen molar-refractivity contribution in [2.24, 2.45) is 0 Å². The van der Waals surface area contributed by atoms with Gasteiger partial charge in [0.05, 0.1) is 0 Å². The number of hydrogen-bond donors (Lipinski definition) is 4. The van der Waals surface area contributed by atoms with Crippen LogP contribution in [0.25, 0.3) is 0 Å². The van der Waals surface area contributed by atoms with Crippen LogP contribution in [-0.4, -0.2) is 59.9 Å². The molecule has 0 aromatic rings. The predicted molar refractivity (Wildman–Crippen MR) is 68.3 cm³/mol. The number of rotatable bonds is 2. The SMILES string of the molecule is O=C(NC1CCNCC1)C1CCCO1.O=C(O)C(=O)O. The van der Waals surface area contributed by atoms with E-state index in [9.17, 15) is 4.79 Å². The summed E-state index contributed by atoms with van der Waals surface area (Å²) in [5.74, 6) is -3.56. The molecule has 2 saturated heterocycles. The Morgan fingerprint density at radius 1 is 1.05 bits per heavy atom. The van der Waals surface area contributed by atoms with Crippen molar-refractivity contribution < 1.29 is 29.3 Å². The molecule has 0 aromatic carbocycles. The average molecular weight is 288 g/mol. The topological polar surface area (TPSA) is 125 Å². The van der Waals surface area contributed by atoms with Gasteiger partial charge in [-0.25, -0.2) is 9.59 Å². The van der Waals surface area contributed by atoms with Gasteiger partial charge < -0.3 is 25.6 Å². The molecule has 0 bridgehead atoms. The monoisotopic (exact) mass is 288 g/mol. The van der Waals surface area contributed by atoms with Crippen LogP contribution >= 0.6 is 0 Å². The van der Waals surface area contributed by atoms with Gasteiger partial charge in [0.2, 0.25) is 5.91 Å². The van der Waals surface area contributed by atoms with Crippen LogP contribution in [0.15, 0.2) is 0 Å². The number of carbonyl (C=O) groups excluding carboxylic acids is 1. The number of carbonyl (C=O) groups is 3. The Labute approximate surface area is 116 Å². The number of carboxylic acids is 2. The highest BCUT2D eigenvalue weighted by Gasteiger charge is 2.25. The molecular formula is C12H20N2O6. The number of nitrogens with one attached hydrogen (secondary N) is 2. The van der Waals surface area contributed by atoms with Crippen LogP contribution in [0, 0.1) is 0 Å². The molecule has 0 saturated carbocycles. The number of amides is 1. The Balaban J connectivity index is 0.000000286. The van der Waals surface area contributed by atoms with Crippen molar-refractivity contribution in [2.45, 2.75) is 37.8 Å². The maximum atomic E-state index is 11.7. The Hall–Kier alpha value is -1.67. The molecule has 0 aromatic heterocycles. The fourth-order valence-corrected chi connectivity index (χ4v) is 2.04. The van der Waals surface area contributed by atoms with E-state index in [1.807, 2.05) is 0 Å². The lowest BCUT2D eigenvalue weighted by atomic mass is 10.1. The van der Waals surface area contributed by atoms with E-state index in [1.54, 1.807) is 0 Å². The lowest BCUT2D eigenvalue weighted by Gasteiger charge is -2.24. The zero-order valence-electron chi connectivity index (χ0n) is 11.1. The zero-order chi connectivity index (χ0) is 15.0. The Bertz CT molecular complexity index is 336. The first-order chi connectivity index (χ1) is 9.50. The molecule has 1 unspecified atom stereocenters. The third-order valence-electron chi connectivity index (χ3n) is 3.09. The first-order valence-electron chi connectivity index (χ1n) is 6.59. The predicted octanol–water partition coefficient (Wildman–Crippen LogP) is -0.811. The van der Waals surface area contributed by atoms with Gasteiger partial charge >= 0.3 is 11.9 Å². The third kappa shape index (κ3) is 5.98. The van der Waals surface area contributed by atoms with Gasteiger partial charge in [0.15, 0.2) is 0 Å². The van der Waals surface area contributed by atoms with Crippen molar-refractivity contribution in [1.82, 2.24) is 10.6 Å². The molecule has 8 nitrogen and oxygen atoms in total. The largest absolute Gasteiger partial charge is 0.473 e. The molecule has 1 atom stereocenters. The number of hydrogen-bond acceptors (Lipinski definition) is 5. The molecule has 2 rings (SSSR count). The lowest BCUT2D eigenvalue weighted by Crippen LogP contribution is -2.46. The summed E-state index contributed by atoms with van der Waals surface area (Å²) in [6, 6.07) is 0.355. The molecule has 2 aliphatic rings. The van der Waals surface area contributed by atoms with Crippen molar-refractivity contribution in [3.8, 4) is 0 Å². The lowest BCUT2D eigenvalue weighted by molar-refractivity contribution is -0.159. The normalized spacial score (nSPS) is 22.5. The second kappa shape index (κ2) is 8.49. The molecule has 1 amide bonds. The van der Waals surface area contributed by atoms with Gasteiger partial charge in [-0.2, -0.15) is 0 Å².